The van der Waals surface area contributed by atoms with Gasteiger partial charge in [0.25, 0.3) is 0 Å². The predicted molar refractivity (Wildman–Crippen MR) is 188 cm³/mol. The second-order valence-corrected chi connectivity index (χ2v) is 12.8. The number of hydrogen-bond acceptors (Lipinski definition) is 2. The second kappa shape index (κ2) is 8.40. The Balaban J connectivity index is 1.24. The van der Waals surface area contributed by atoms with Crippen molar-refractivity contribution in [1.29, 1.82) is 0 Å². The van der Waals surface area contributed by atoms with Crippen molar-refractivity contribution in [3.63, 3.8) is 0 Å². The molecule has 0 N–H and O–H groups in total. The first-order chi connectivity index (χ1) is 22.3. The Labute approximate surface area is 260 Å². The lowest BCUT2D eigenvalue weighted by Crippen LogP contribution is -1.97. The molecule has 6 heterocycles. The van der Waals surface area contributed by atoms with Crippen molar-refractivity contribution < 1.29 is 0 Å². The van der Waals surface area contributed by atoms with E-state index in [1.165, 1.54) is 53.0 Å². The van der Waals surface area contributed by atoms with E-state index < -0.39 is 0 Å². The van der Waals surface area contributed by atoms with Crippen molar-refractivity contribution in [2.45, 2.75) is 0 Å². The molecule has 0 radical (unpaired) electrons. The van der Waals surface area contributed by atoms with Gasteiger partial charge in [-0.05, 0) is 66.7 Å². The van der Waals surface area contributed by atoms with Crippen LogP contribution in [0.4, 0.5) is 0 Å². The first-order valence-corrected chi connectivity index (χ1v) is 16.0. The second-order valence-electron chi connectivity index (χ2n) is 11.7. The van der Waals surface area contributed by atoms with E-state index in [4.69, 9.17) is 4.98 Å². The average Bonchev–Trinajstić information content (AvgIpc) is 3.87. The van der Waals surface area contributed by atoms with Gasteiger partial charge in [-0.2, -0.15) is 0 Å². The van der Waals surface area contributed by atoms with E-state index in [1.807, 2.05) is 17.5 Å². The molecule has 0 saturated carbocycles. The van der Waals surface area contributed by atoms with Gasteiger partial charge in [0, 0.05) is 38.1 Å². The summed E-state index contributed by atoms with van der Waals surface area (Å²) < 4.78 is 12.0. The van der Waals surface area contributed by atoms with Crippen LogP contribution in [-0.2, 0) is 0 Å². The number of benzene rings is 5. The van der Waals surface area contributed by atoms with Gasteiger partial charge in [0.2, 0.25) is 0 Å². The lowest BCUT2D eigenvalue weighted by Gasteiger charge is -2.07. The number of aromatic nitrogens is 5. The summed E-state index contributed by atoms with van der Waals surface area (Å²) in [7, 11) is 0. The number of hydrogen-bond donors (Lipinski definition) is 0. The van der Waals surface area contributed by atoms with Gasteiger partial charge in [0.05, 0.1) is 37.8 Å². The van der Waals surface area contributed by atoms with Crippen LogP contribution in [-0.4, -0.2) is 22.9 Å². The molecule has 0 bridgehead atoms. The van der Waals surface area contributed by atoms with Crippen LogP contribution in [0.25, 0.3) is 86.8 Å². The van der Waals surface area contributed by atoms with Crippen molar-refractivity contribution in [3.8, 4) is 11.5 Å². The maximum absolute atomic E-state index is 5.02. The lowest BCUT2D eigenvalue weighted by molar-refractivity contribution is 1.09. The zero-order valence-electron chi connectivity index (χ0n) is 23.9. The summed E-state index contributed by atoms with van der Waals surface area (Å²) in [5, 5.41) is 4.97. The molecule has 0 unspecified atom stereocenters. The van der Waals surface area contributed by atoms with E-state index in [9.17, 15) is 0 Å². The van der Waals surface area contributed by atoms with Gasteiger partial charge >= 0.3 is 0 Å². The highest BCUT2D eigenvalue weighted by atomic mass is 32.1. The Morgan fingerprint density at radius 3 is 1.91 bits per heavy atom. The van der Waals surface area contributed by atoms with Gasteiger partial charge in [-0.25, -0.2) is 4.98 Å². The van der Waals surface area contributed by atoms with Crippen LogP contribution < -0.4 is 0 Å². The fourth-order valence-electron chi connectivity index (χ4n) is 7.51. The minimum Gasteiger partial charge on any atom is -0.294 e. The number of rotatable bonds is 2. The molecule has 11 aromatic rings. The van der Waals surface area contributed by atoms with Gasteiger partial charge in [-0.1, -0.05) is 66.7 Å². The van der Waals surface area contributed by atoms with Crippen molar-refractivity contribution >= 4 is 86.7 Å². The summed E-state index contributed by atoms with van der Waals surface area (Å²) in [6, 6.07) is 48.3. The summed E-state index contributed by atoms with van der Waals surface area (Å²) in [6.45, 7) is 0. The monoisotopic (exact) mass is 593 g/mol. The van der Waals surface area contributed by atoms with Gasteiger partial charge in [-0.3, -0.25) is 17.9 Å². The third-order valence-corrected chi connectivity index (χ3v) is 10.6. The highest BCUT2D eigenvalue weighted by Crippen LogP contribution is 2.40. The Morgan fingerprint density at radius 1 is 0.467 bits per heavy atom. The average molecular weight is 594 g/mol. The molecule has 0 spiro atoms. The van der Waals surface area contributed by atoms with Crippen LogP contribution >= 0.6 is 11.3 Å². The minimum atomic E-state index is 0.973. The molecule has 5 nitrogen and oxygen atoms in total. The van der Waals surface area contributed by atoms with Gasteiger partial charge < -0.3 is 0 Å². The zero-order chi connectivity index (χ0) is 29.2. The van der Waals surface area contributed by atoms with Crippen LogP contribution in [0, 0.1) is 0 Å². The number of fused-ring (bicyclic) bond motifs is 13. The molecule has 0 aliphatic heterocycles. The molecule has 0 saturated heterocycles. The summed E-state index contributed by atoms with van der Waals surface area (Å²) in [4.78, 5) is 5.02. The predicted octanol–water partition coefficient (Wildman–Crippen LogP) is 10.1. The molecular weight excluding hydrogens is 571 g/mol. The maximum Gasteiger partial charge on any atom is 0.156 e. The summed E-state index contributed by atoms with van der Waals surface area (Å²) in [6.07, 6.45) is 1.95. The van der Waals surface area contributed by atoms with Crippen molar-refractivity contribution in [2.24, 2.45) is 0 Å². The topological polar surface area (TPSA) is 31.6 Å². The van der Waals surface area contributed by atoms with Crippen LogP contribution in [0.3, 0.4) is 0 Å². The number of thiophene rings is 1. The zero-order valence-corrected chi connectivity index (χ0v) is 24.7. The van der Waals surface area contributed by atoms with E-state index in [2.05, 4.69) is 151 Å². The van der Waals surface area contributed by atoms with Crippen LogP contribution in [0.5, 0.6) is 0 Å². The number of para-hydroxylation sites is 5. The first-order valence-electron chi connectivity index (χ1n) is 15.1. The fraction of sp³-hybridized carbons (Fsp3) is 0. The molecule has 0 fully saturated rings. The molecule has 0 aliphatic rings. The van der Waals surface area contributed by atoms with E-state index in [-0.39, 0.29) is 0 Å². The van der Waals surface area contributed by atoms with E-state index in [0.717, 1.165) is 33.8 Å². The first kappa shape index (κ1) is 23.6. The Kier molecular flexibility index (Phi) is 4.41. The van der Waals surface area contributed by atoms with Gasteiger partial charge in [0.1, 0.15) is 11.3 Å². The Morgan fingerprint density at radius 2 is 1.09 bits per heavy atom. The molecule has 5 aromatic carbocycles. The molecule has 6 aromatic heterocycles. The summed E-state index contributed by atoms with van der Waals surface area (Å²) >= 11 is 1.82. The van der Waals surface area contributed by atoms with E-state index in [1.54, 1.807) is 0 Å². The minimum absolute atomic E-state index is 0.973. The quantitative estimate of drug-likeness (QED) is 0.196. The molecule has 210 valence electrons. The fourth-order valence-corrected chi connectivity index (χ4v) is 8.69. The maximum atomic E-state index is 5.02. The normalized spacial score (nSPS) is 12.4. The van der Waals surface area contributed by atoms with Crippen molar-refractivity contribution in [1.82, 2.24) is 22.9 Å². The van der Waals surface area contributed by atoms with E-state index in [0.29, 0.717) is 0 Å². The highest BCUT2D eigenvalue weighted by Gasteiger charge is 2.21. The van der Waals surface area contributed by atoms with Gasteiger partial charge in [0.15, 0.2) is 5.82 Å². The van der Waals surface area contributed by atoms with E-state index >= 15 is 0 Å². The molecule has 6 heteroatoms. The lowest BCUT2D eigenvalue weighted by atomic mass is 10.2. The third-order valence-electron chi connectivity index (χ3n) is 9.39. The van der Waals surface area contributed by atoms with Crippen molar-refractivity contribution in [3.05, 3.63) is 140 Å². The smallest absolute Gasteiger partial charge is 0.156 e. The number of imidazole rings is 2. The van der Waals surface area contributed by atoms with Crippen LogP contribution in [0.2, 0.25) is 0 Å². The number of pyridine rings is 1. The standard InChI is InChI=1S/C39H23N5S/c1-3-11-29-24(9-1)21-36-41(30-12-4-5-13-31(30)42(29)36)26-18-17-25-22-37-43(34(25)23-26)32-14-6-7-15-33(32)44(37)39-38-28(19-20-40-39)27-10-2-8-16-35(27)45-38/h1-23H. The highest BCUT2D eigenvalue weighted by molar-refractivity contribution is 7.26. The van der Waals surface area contributed by atoms with Crippen LogP contribution in [0.1, 0.15) is 0 Å². The van der Waals surface area contributed by atoms with Gasteiger partial charge in [-0.15, -0.1) is 11.3 Å². The molecule has 11 rings (SSSR count). The molecule has 45 heavy (non-hydrogen) atoms. The SMILES string of the molecule is c1ccc2c(c1)cc1n(-c3ccc4cc5n(-c6nccc7c6sc6ccccc67)c6ccccc6n5c4c3)c3ccccc3n21. The molecular formula is C39H23N5S. The largest absolute Gasteiger partial charge is 0.294 e. The van der Waals surface area contributed by atoms with Crippen LogP contribution in [0.15, 0.2) is 140 Å². The molecule has 0 aliphatic carbocycles. The Hall–Kier alpha value is -5.85. The third kappa shape index (κ3) is 2.99. The number of nitrogens with zero attached hydrogens (tertiary/aromatic N) is 5. The molecule has 0 atom stereocenters. The summed E-state index contributed by atoms with van der Waals surface area (Å²) in [5.41, 5.74) is 10.5. The Bertz CT molecular complexity index is 3000. The molecule has 0 amide bonds. The summed E-state index contributed by atoms with van der Waals surface area (Å²) in [5.74, 6) is 0.973. The van der Waals surface area contributed by atoms with Crippen molar-refractivity contribution in [2.75, 3.05) is 0 Å².